The van der Waals surface area contributed by atoms with Gasteiger partial charge in [-0.05, 0) is 31.0 Å². The molecule has 1 aliphatic rings. The van der Waals surface area contributed by atoms with E-state index in [4.69, 9.17) is 4.42 Å². The number of furan rings is 1. The molecule has 2 heterocycles. The van der Waals surface area contributed by atoms with Gasteiger partial charge in [-0.25, -0.2) is 0 Å². The highest BCUT2D eigenvalue weighted by Crippen LogP contribution is 2.29. The lowest BCUT2D eigenvalue weighted by Gasteiger charge is -2.17. The molecule has 0 amide bonds. The van der Waals surface area contributed by atoms with Crippen LogP contribution in [0.3, 0.4) is 0 Å². The molecule has 1 aromatic heterocycles. The quantitative estimate of drug-likeness (QED) is 0.682. The average Bonchev–Trinajstić information content (AvgIpc) is 2.88. The van der Waals surface area contributed by atoms with Crippen molar-refractivity contribution >= 4 is 16.7 Å². The van der Waals surface area contributed by atoms with Gasteiger partial charge in [-0.2, -0.15) is 0 Å². The van der Waals surface area contributed by atoms with E-state index in [0.29, 0.717) is 0 Å². The Balaban J connectivity index is 2.14. The van der Waals surface area contributed by atoms with Crippen LogP contribution < -0.4 is 4.90 Å². The lowest BCUT2D eigenvalue weighted by Crippen LogP contribution is -2.17. The Bertz CT molecular complexity index is 440. The van der Waals surface area contributed by atoms with E-state index in [9.17, 15) is 0 Å². The largest absolute Gasteiger partial charge is 0.464 e. The molecule has 0 bridgehead atoms. The molecular formula is C12H13NO. The maximum absolute atomic E-state index is 5.39. The lowest BCUT2D eigenvalue weighted by molar-refractivity contribution is 0.616. The second kappa shape index (κ2) is 3.05. The Morgan fingerprint density at radius 1 is 1.07 bits per heavy atom. The van der Waals surface area contributed by atoms with Gasteiger partial charge in [0.05, 0.1) is 6.26 Å². The molecule has 1 fully saturated rings. The van der Waals surface area contributed by atoms with Crippen molar-refractivity contribution in [2.24, 2.45) is 0 Å². The Morgan fingerprint density at radius 3 is 2.79 bits per heavy atom. The van der Waals surface area contributed by atoms with Crippen molar-refractivity contribution in [3.63, 3.8) is 0 Å². The van der Waals surface area contributed by atoms with E-state index in [1.54, 1.807) is 6.26 Å². The first kappa shape index (κ1) is 7.92. The number of fused-ring (bicyclic) bond motifs is 1. The summed E-state index contributed by atoms with van der Waals surface area (Å²) in [7, 11) is 0. The summed E-state index contributed by atoms with van der Waals surface area (Å²) in [5.74, 6) is 0. The van der Waals surface area contributed by atoms with E-state index in [1.807, 2.05) is 6.07 Å². The predicted molar refractivity (Wildman–Crippen MR) is 57.7 cm³/mol. The molecule has 72 valence electrons. The zero-order chi connectivity index (χ0) is 9.38. The van der Waals surface area contributed by atoms with Gasteiger partial charge in [0.25, 0.3) is 0 Å². The summed E-state index contributed by atoms with van der Waals surface area (Å²) in [6.07, 6.45) is 4.40. The molecule has 1 aliphatic heterocycles. The van der Waals surface area contributed by atoms with Crippen LogP contribution >= 0.6 is 0 Å². The third kappa shape index (κ3) is 1.10. The molecule has 1 saturated heterocycles. The van der Waals surface area contributed by atoms with E-state index in [0.717, 1.165) is 5.58 Å². The van der Waals surface area contributed by atoms with Crippen LogP contribution in [0.5, 0.6) is 0 Å². The predicted octanol–water partition coefficient (Wildman–Crippen LogP) is 3.03. The minimum atomic E-state index is 0.995. The number of hydrogen-bond donors (Lipinski definition) is 0. The van der Waals surface area contributed by atoms with Gasteiger partial charge >= 0.3 is 0 Å². The zero-order valence-corrected chi connectivity index (χ0v) is 8.07. The summed E-state index contributed by atoms with van der Waals surface area (Å²) in [4.78, 5) is 2.44. The smallest absolute Gasteiger partial charge is 0.135 e. The standard InChI is InChI=1S/C12H13NO/c1-2-8-13(7-1)11-4-3-5-12-10(11)6-9-14-12/h3-6,9H,1-2,7-8H2. The summed E-state index contributed by atoms with van der Waals surface area (Å²) in [5.41, 5.74) is 2.32. The van der Waals surface area contributed by atoms with Crippen molar-refractivity contribution in [3.05, 3.63) is 30.5 Å². The molecule has 2 aromatic rings. The average molecular weight is 187 g/mol. The van der Waals surface area contributed by atoms with Crippen molar-refractivity contribution in [1.82, 2.24) is 0 Å². The van der Waals surface area contributed by atoms with E-state index in [1.165, 1.54) is 37.0 Å². The van der Waals surface area contributed by atoms with E-state index in [-0.39, 0.29) is 0 Å². The second-order valence-corrected chi connectivity index (χ2v) is 3.80. The molecule has 0 saturated carbocycles. The highest BCUT2D eigenvalue weighted by molar-refractivity contribution is 5.91. The first-order valence-electron chi connectivity index (χ1n) is 5.16. The van der Waals surface area contributed by atoms with Gasteiger partial charge in [-0.3, -0.25) is 0 Å². The Hall–Kier alpha value is -1.44. The van der Waals surface area contributed by atoms with Crippen LogP contribution in [0.1, 0.15) is 12.8 Å². The highest BCUT2D eigenvalue weighted by atomic mass is 16.3. The van der Waals surface area contributed by atoms with Gasteiger partial charge in [0, 0.05) is 24.2 Å². The maximum Gasteiger partial charge on any atom is 0.135 e. The fraction of sp³-hybridized carbons (Fsp3) is 0.333. The maximum atomic E-state index is 5.39. The number of benzene rings is 1. The number of anilines is 1. The molecular weight excluding hydrogens is 174 g/mol. The SMILES string of the molecule is c1cc(N2CCCC2)c2ccoc2c1. The number of hydrogen-bond acceptors (Lipinski definition) is 2. The van der Waals surface area contributed by atoms with Crippen LogP contribution in [0, 0.1) is 0 Å². The van der Waals surface area contributed by atoms with E-state index in [2.05, 4.69) is 23.1 Å². The van der Waals surface area contributed by atoms with Crippen molar-refractivity contribution in [3.8, 4) is 0 Å². The normalized spacial score (nSPS) is 16.7. The van der Waals surface area contributed by atoms with E-state index < -0.39 is 0 Å². The van der Waals surface area contributed by atoms with Crippen LogP contribution in [-0.2, 0) is 0 Å². The number of rotatable bonds is 1. The van der Waals surface area contributed by atoms with Crippen molar-refractivity contribution < 1.29 is 4.42 Å². The Labute approximate surface area is 83.1 Å². The molecule has 0 atom stereocenters. The van der Waals surface area contributed by atoms with Crippen molar-refractivity contribution in [2.75, 3.05) is 18.0 Å². The fourth-order valence-electron chi connectivity index (χ4n) is 2.21. The third-order valence-electron chi connectivity index (χ3n) is 2.92. The van der Waals surface area contributed by atoms with Crippen LogP contribution in [-0.4, -0.2) is 13.1 Å². The van der Waals surface area contributed by atoms with Gasteiger partial charge in [-0.15, -0.1) is 0 Å². The van der Waals surface area contributed by atoms with Gasteiger partial charge in [0.1, 0.15) is 5.58 Å². The molecule has 0 aliphatic carbocycles. The Kier molecular flexibility index (Phi) is 1.72. The van der Waals surface area contributed by atoms with Crippen molar-refractivity contribution in [2.45, 2.75) is 12.8 Å². The Morgan fingerprint density at radius 2 is 1.93 bits per heavy atom. The molecule has 0 N–H and O–H groups in total. The molecule has 0 unspecified atom stereocenters. The van der Waals surface area contributed by atoms with Gasteiger partial charge in [0.2, 0.25) is 0 Å². The minimum Gasteiger partial charge on any atom is -0.464 e. The molecule has 0 spiro atoms. The summed E-state index contributed by atoms with van der Waals surface area (Å²) >= 11 is 0. The van der Waals surface area contributed by atoms with E-state index >= 15 is 0 Å². The highest BCUT2D eigenvalue weighted by Gasteiger charge is 2.14. The monoisotopic (exact) mass is 187 g/mol. The van der Waals surface area contributed by atoms with Gasteiger partial charge in [0.15, 0.2) is 0 Å². The van der Waals surface area contributed by atoms with Gasteiger partial charge in [-0.1, -0.05) is 6.07 Å². The summed E-state index contributed by atoms with van der Waals surface area (Å²) in [6.45, 7) is 2.37. The molecule has 3 rings (SSSR count). The summed E-state index contributed by atoms with van der Waals surface area (Å²) in [5, 5.41) is 1.24. The van der Waals surface area contributed by atoms with Gasteiger partial charge < -0.3 is 9.32 Å². The van der Waals surface area contributed by atoms with Crippen LogP contribution in [0.4, 0.5) is 5.69 Å². The minimum absolute atomic E-state index is 0.995. The first-order chi connectivity index (χ1) is 6.95. The van der Waals surface area contributed by atoms with Crippen LogP contribution in [0.15, 0.2) is 34.9 Å². The fourth-order valence-corrected chi connectivity index (χ4v) is 2.21. The summed E-state index contributed by atoms with van der Waals surface area (Å²) < 4.78 is 5.39. The van der Waals surface area contributed by atoms with Crippen molar-refractivity contribution in [1.29, 1.82) is 0 Å². The first-order valence-corrected chi connectivity index (χ1v) is 5.16. The summed E-state index contributed by atoms with van der Waals surface area (Å²) in [6, 6.07) is 8.33. The molecule has 1 aromatic carbocycles. The zero-order valence-electron chi connectivity index (χ0n) is 8.07. The molecule has 14 heavy (non-hydrogen) atoms. The lowest BCUT2D eigenvalue weighted by atomic mass is 10.2. The molecule has 2 heteroatoms. The van der Waals surface area contributed by atoms with Crippen LogP contribution in [0.2, 0.25) is 0 Å². The second-order valence-electron chi connectivity index (χ2n) is 3.80. The molecule has 0 radical (unpaired) electrons. The third-order valence-corrected chi connectivity index (χ3v) is 2.92. The topological polar surface area (TPSA) is 16.4 Å². The molecule has 2 nitrogen and oxygen atoms in total. The van der Waals surface area contributed by atoms with Crippen LogP contribution in [0.25, 0.3) is 11.0 Å². The number of nitrogens with zero attached hydrogens (tertiary/aromatic N) is 1.